The fourth-order valence-electron chi connectivity index (χ4n) is 6.96. The molecular weight excluding hydrogens is 534 g/mol. The van der Waals surface area contributed by atoms with Crippen molar-refractivity contribution in [1.82, 2.24) is 9.80 Å². The Morgan fingerprint density at radius 3 is 2.32 bits per heavy atom. The number of nitrogens with zero attached hydrogens (tertiary/aromatic N) is 3. The maximum Gasteiger partial charge on any atom is 0.247 e. The molecule has 4 aliphatic heterocycles. The van der Waals surface area contributed by atoms with Crippen LogP contribution in [0.25, 0.3) is 0 Å². The fraction of sp³-hybridized carbons (Fsp3) is 0.424. The number of carbonyl (C=O) groups excluding carboxylic acids is 3. The van der Waals surface area contributed by atoms with Crippen LogP contribution in [0.1, 0.15) is 31.2 Å². The molecule has 8 heteroatoms. The zero-order valence-corrected chi connectivity index (χ0v) is 24.0. The second kappa shape index (κ2) is 11.9. The summed E-state index contributed by atoms with van der Waals surface area (Å²) in [6, 6.07) is 18.9. The van der Waals surface area contributed by atoms with Gasteiger partial charge in [0.15, 0.2) is 0 Å². The Labute approximate surface area is 245 Å². The van der Waals surface area contributed by atoms with Gasteiger partial charge in [0.1, 0.15) is 6.04 Å². The monoisotopic (exact) mass is 571 g/mol. The van der Waals surface area contributed by atoms with Crippen LogP contribution < -0.4 is 4.90 Å². The third kappa shape index (κ3) is 5.01. The molecule has 1 unspecified atom stereocenters. The molecule has 2 fully saturated rings. The normalized spacial score (nSPS) is 28.9. The third-order valence-corrected chi connectivity index (χ3v) is 10.6. The molecule has 6 rings (SSSR count). The fourth-order valence-corrected chi connectivity index (χ4v) is 8.96. The van der Waals surface area contributed by atoms with Crippen LogP contribution in [-0.4, -0.2) is 74.9 Å². The lowest BCUT2D eigenvalue weighted by molar-refractivity contribution is -0.143. The van der Waals surface area contributed by atoms with E-state index in [0.717, 1.165) is 36.9 Å². The molecule has 0 aliphatic carbocycles. The van der Waals surface area contributed by atoms with E-state index in [1.165, 1.54) is 0 Å². The van der Waals surface area contributed by atoms with Gasteiger partial charge < -0.3 is 19.8 Å². The Bertz CT molecular complexity index is 1330. The van der Waals surface area contributed by atoms with Gasteiger partial charge in [-0.1, -0.05) is 85.7 Å². The van der Waals surface area contributed by atoms with Gasteiger partial charge in [-0.05, 0) is 30.5 Å². The van der Waals surface area contributed by atoms with E-state index in [9.17, 15) is 19.5 Å². The number of unbranched alkanes of at least 4 members (excludes halogenated alkanes) is 3. The summed E-state index contributed by atoms with van der Waals surface area (Å²) in [7, 11) is 0. The molecule has 2 saturated heterocycles. The van der Waals surface area contributed by atoms with Gasteiger partial charge in [0, 0.05) is 43.7 Å². The molecule has 5 atom stereocenters. The van der Waals surface area contributed by atoms with Crippen LogP contribution in [0.15, 0.2) is 85.0 Å². The summed E-state index contributed by atoms with van der Waals surface area (Å²) in [6.07, 6.45) is 11.5. The number of carbonyl (C=O) groups is 3. The predicted octanol–water partition coefficient (Wildman–Crippen LogP) is 4.04. The number of benzene rings is 2. The molecule has 4 aliphatic rings. The average molecular weight is 572 g/mol. The summed E-state index contributed by atoms with van der Waals surface area (Å²) in [5, 5.41) is 9.01. The quantitative estimate of drug-likeness (QED) is 0.363. The molecule has 3 amide bonds. The van der Waals surface area contributed by atoms with E-state index >= 15 is 0 Å². The number of hydrogen-bond donors (Lipinski definition) is 1. The molecule has 0 bridgehead atoms. The molecule has 214 valence electrons. The van der Waals surface area contributed by atoms with Crippen molar-refractivity contribution in [1.29, 1.82) is 0 Å². The van der Waals surface area contributed by atoms with Crippen LogP contribution in [0.2, 0.25) is 0 Å². The van der Waals surface area contributed by atoms with Crippen LogP contribution in [0.4, 0.5) is 5.69 Å². The van der Waals surface area contributed by atoms with Gasteiger partial charge in [-0.2, -0.15) is 0 Å². The lowest BCUT2D eigenvalue weighted by Gasteiger charge is -2.35. The van der Waals surface area contributed by atoms with Gasteiger partial charge in [0.05, 0.1) is 16.6 Å². The number of aliphatic hydroxyl groups excluding tert-OH is 1. The molecule has 2 aromatic carbocycles. The van der Waals surface area contributed by atoms with Crippen LogP contribution in [0, 0.1) is 11.8 Å². The highest BCUT2D eigenvalue weighted by atomic mass is 32.2. The van der Waals surface area contributed by atoms with E-state index in [1.54, 1.807) is 21.6 Å². The van der Waals surface area contributed by atoms with Crippen molar-refractivity contribution in [3.63, 3.8) is 0 Å². The molecule has 0 saturated carbocycles. The van der Waals surface area contributed by atoms with Crippen molar-refractivity contribution in [2.24, 2.45) is 11.8 Å². The zero-order valence-electron chi connectivity index (χ0n) is 23.2. The van der Waals surface area contributed by atoms with Gasteiger partial charge in [0.25, 0.3) is 0 Å². The van der Waals surface area contributed by atoms with Gasteiger partial charge in [-0.15, -0.1) is 11.8 Å². The van der Waals surface area contributed by atoms with Crippen molar-refractivity contribution in [3.05, 3.63) is 90.5 Å². The van der Waals surface area contributed by atoms with Crippen molar-refractivity contribution >= 4 is 35.2 Å². The smallest absolute Gasteiger partial charge is 0.247 e. The van der Waals surface area contributed by atoms with Crippen LogP contribution >= 0.6 is 11.8 Å². The van der Waals surface area contributed by atoms with E-state index < -0.39 is 22.6 Å². The maximum absolute atomic E-state index is 14.4. The van der Waals surface area contributed by atoms with Crippen molar-refractivity contribution in [2.75, 3.05) is 31.1 Å². The van der Waals surface area contributed by atoms with Crippen LogP contribution in [0.3, 0.4) is 0 Å². The zero-order chi connectivity index (χ0) is 28.4. The highest BCUT2D eigenvalue weighted by Gasteiger charge is 2.70. The summed E-state index contributed by atoms with van der Waals surface area (Å²) < 4.78 is -0.806. The lowest BCUT2D eigenvalue weighted by Crippen LogP contribution is -2.53. The Morgan fingerprint density at radius 1 is 0.829 bits per heavy atom. The first kappa shape index (κ1) is 27.8. The molecule has 4 heterocycles. The molecule has 1 N–H and O–H groups in total. The van der Waals surface area contributed by atoms with E-state index in [-0.39, 0.29) is 29.6 Å². The molecule has 0 radical (unpaired) electrons. The number of anilines is 1. The van der Waals surface area contributed by atoms with E-state index in [2.05, 4.69) is 12.2 Å². The second-order valence-electron chi connectivity index (χ2n) is 11.3. The minimum atomic E-state index is -0.806. The summed E-state index contributed by atoms with van der Waals surface area (Å²) >= 11 is 1.63. The Balaban J connectivity index is 1.36. The summed E-state index contributed by atoms with van der Waals surface area (Å²) in [6.45, 7) is 2.02. The molecule has 0 aromatic heterocycles. The standard InChI is InChI=1S/C33H37N3O4S/c37-22-10-2-1-9-20-36-29-32(40)34(23-24-13-5-3-6-14-24)19-12-18-33(29)28(31(36)39)27-26(41-33)17-11-21-35(30(27)38)25-15-7-4-8-16-25/h3-8,11-18,26-29,37H,1-2,9-10,19-23H2/t26-,27+,28+,29?,33+/m1/s1. The third-order valence-electron chi connectivity index (χ3n) is 8.83. The Morgan fingerprint density at radius 2 is 1.56 bits per heavy atom. The minimum absolute atomic E-state index is 0.0506. The Kier molecular flexibility index (Phi) is 8.04. The molecule has 41 heavy (non-hydrogen) atoms. The van der Waals surface area contributed by atoms with Crippen molar-refractivity contribution in [2.45, 2.75) is 48.3 Å². The SMILES string of the molecule is O=C1C2N(CCCCCCO)C(=O)[C@@H]3[C@H]4C(=O)N(c5ccccc5)CC=C[C@H]4S[C@]23C=CCN1Cc1ccccc1. The Hall–Kier alpha value is -3.36. The number of para-hydroxylation sites is 1. The maximum atomic E-state index is 14.4. The average Bonchev–Trinajstić information content (AvgIpc) is 3.30. The second-order valence-corrected chi connectivity index (χ2v) is 12.8. The summed E-state index contributed by atoms with van der Waals surface area (Å²) in [4.78, 5) is 48.5. The number of aliphatic hydroxyl groups is 1. The van der Waals surface area contributed by atoms with Gasteiger partial charge in [-0.25, -0.2) is 0 Å². The van der Waals surface area contributed by atoms with Gasteiger partial charge in [-0.3, -0.25) is 14.4 Å². The molecule has 1 spiro atoms. The molecule has 7 nitrogen and oxygen atoms in total. The summed E-state index contributed by atoms with van der Waals surface area (Å²) in [5.41, 5.74) is 1.86. The largest absolute Gasteiger partial charge is 0.396 e. The predicted molar refractivity (Wildman–Crippen MR) is 161 cm³/mol. The number of fused-ring (bicyclic) bond motifs is 2. The highest BCUT2D eigenvalue weighted by Crippen LogP contribution is 2.61. The summed E-state index contributed by atoms with van der Waals surface area (Å²) in [5.74, 6) is -1.35. The van der Waals surface area contributed by atoms with Gasteiger partial charge in [0.2, 0.25) is 17.7 Å². The van der Waals surface area contributed by atoms with Crippen molar-refractivity contribution < 1.29 is 19.5 Å². The number of hydrogen-bond acceptors (Lipinski definition) is 5. The highest BCUT2D eigenvalue weighted by molar-refractivity contribution is 8.02. The van der Waals surface area contributed by atoms with E-state index in [0.29, 0.717) is 26.2 Å². The molecule has 2 aromatic rings. The topological polar surface area (TPSA) is 81.2 Å². The van der Waals surface area contributed by atoms with Crippen LogP contribution in [-0.2, 0) is 20.9 Å². The first-order valence-corrected chi connectivity index (χ1v) is 15.6. The van der Waals surface area contributed by atoms with E-state index in [1.807, 2.05) is 77.7 Å². The first-order valence-electron chi connectivity index (χ1n) is 14.7. The van der Waals surface area contributed by atoms with E-state index in [4.69, 9.17) is 0 Å². The number of thioether (sulfide) groups is 1. The van der Waals surface area contributed by atoms with Gasteiger partial charge >= 0.3 is 0 Å². The molecular formula is C33H37N3O4S. The van der Waals surface area contributed by atoms with Crippen molar-refractivity contribution in [3.8, 4) is 0 Å². The first-order chi connectivity index (χ1) is 20.0. The number of amides is 3. The minimum Gasteiger partial charge on any atom is -0.396 e. The van der Waals surface area contributed by atoms with Crippen LogP contribution in [0.5, 0.6) is 0 Å². The number of rotatable bonds is 9. The lowest BCUT2D eigenvalue weighted by atomic mass is 9.78. The number of likely N-dealkylation sites (tertiary alicyclic amines) is 1.